The van der Waals surface area contributed by atoms with Crippen LogP contribution in [-0.4, -0.2) is 37.2 Å². The van der Waals surface area contributed by atoms with Crippen molar-refractivity contribution >= 4 is 18.0 Å². The molecule has 0 bridgehead atoms. The van der Waals surface area contributed by atoms with E-state index in [0.717, 1.165) is 11.1 Å². The van der Waals surface area contributed by atoms with Gasteiger partial charge in [-0.2, -0.15) is 0 Å². The van der Waals surface area contributed by atoms with Crippen molar-refractivity contribution < 1.29 is 23.9 Å². The standard InChI is InChI=1S/C22H22N2O5/c1-3-28-21(26)19-14(2)23-22(27)24-18(19)13-29-20(25)17-12-8-7-11-16(17)15-9-5-4-6-10-15/h4-12,14H,3,13H2,1-2H3,(H2,23,24,27)/t14-/m0/s1. The molecule has 0 spiro atoms. The number of hydrogen-bond donors (Lipinski definition) is 2. The quantitative estimate of drug-likeness (QED) is 0.735. The molecule has 1 heterocycles. The first kappa shape index (κ1) is 20.1. The van der Waals surface area contributed by atoms with Gasteiger partial charge in [-0.3, -0.25) is 0 Å². The van der Waals surface area contributed by atoms with E-state index in [9.17, 15) is 14.4 Å². The number of amides is 2. The Morgan fingerprint density at radius 3 is 2.38 bits per heavy atom. The van der Waals surface area contributed by atoms with Crippen LogP contribution in [0.3, 0.4) is 0 Å². The molecule has 0 radical (unpaired) electrons. The molecule has 0 aromatic heterocycles. The fourth-order valence-electron chi connectivity index (χ4n) is 3.14. The summed E-state index contributed by atoms with van der Waals surface area (Å²) in [6.07, 6.45) is 0. The van der Waals surface area contributed by atoms with Crippen LogP contribution >= 0.6 is 0 Å². The first-order valence-corrected chi connectivity index (χ1v) is 9.30. The maximum Gasteiger partial charge on any atom is 0.339 e. The predicted molar refractivity (Wildman–Crippen MR) is 107 cm³/mol. The van der Waals surface area contributed by atoms with Gasteiger partial charge in [-0.25, -0.2) is 14.4 Å². The average molecular weight is 394 g/mol. The van der Waals surface area contributed by atoms with Crippen molar-refractivity contribution in [1.82, 2.24) is 10.6 Å². The van der Waals surface area contributed by atoms with E-state index in [1.807, 2.05) is 42.5 Å². The summed E-state index contributed by atoms with van der Waals surface area (Å²) in [7, 11) is 0. The maximum atomic E-state index is 12.8. The number of hydrogen-bond acceptors (Lipinski definition) is 5. The Kier molecular flexibility index (Phi) is 6.29. The van der Waals surface area contributed by atoms with Gasteiger partial charge < -0.3 is 20.1 Å². The first-order chi connectivity index (χ1) is 14.0. The highest BCUT2D eigenvalue weighted by Crippen LogP contribution is 2.24. The van der Waals surface area contributed by atoms with Crippen LogP contribution in [0.25, 0.3) is 11.1 Å². The van der Waals surface area contributed by atoms with Gasteiger partial charge in [0.15, 0.2) is 0 Å². The van der Waals surface area contributed by atoms with Crippen molar-refractivity contribution in [3.8, 4) is 11.1 Å². The van der Waals surface area contributed by atoms with Crippen molar-refractivity contribution in [2.24, 2.45) is 0 Å². The molecule has 0 saturated carbocycles. The zero-order valence-corrected chi connectivity index (χ0v) is 16.2. The summed E-state index contributed by atoms with van der Waals surface area (Å²) in [5.41, 5.74) is 2.46. The molecule has 2 aromatic rings. The van der Waals surface area contributed by atoms with Gasteiger partial charge >= 0.3 is 18.0 Å². The Morgan fingerprint density at radius 2 is 1.66 bits per heavy atom. The molecule has 2 amide bonds. The van der Waals surface area contributed by atoms with Gasteiger partial charge in [0.05, 0.1) is 29.5 Å². The minimum atomic E-state index is -0.566. The lowest BCUT2D eigenvalue weighted by atomic mass is 10.00. The topological polar surface area (TPSA) is 93.7 Å². The summed E-state index contributed by atoms with van der Waals surface area (Å²) < 4.78 is 10.5. The molecule has 0 unspecified atom stereocenters. The largest absolute Gasteiger partial charge is 0.463 e. The predicted octanol–water partition coefficient (Wildman–Crippen LogP) is 3.03. The van der Waals surface area contributed by atoms with Gasteiger partial charge in [-0.15, -0.1) is 0 Å². The van der Waals surface area contributed by atoms with Crippen LogP contribution in [0.4, 0.5) is 4.79 Å². The Bertz CT molecular complexity index is 953. The summed E-state index contributed by atoms with van der Waals surface area (Å²) in [5.74, 6) is -1.12. The van der Waals surface area contributed by atoms with Gasteiger partial charge in [0.2, 0.25) is 0 Å². The highest BCUT2D eigenvalue weighted by molar-refractivity contribution is 5.98. The summed E-state index contributed by atoms with van der Waals surface area (Å²) in [4.78, 5) is 36.8. The zero-order chi connectivity index (χ0) is 20.8. The molecule has 29 heavy (non-hydrogen) atoms. The Labute approximate surface area is 168 Å². The van der Waals surface area contributed by atoms with Crippen LogP contribution < -0.4 is 10.6 Å². The van der Waals surface area contributed by atoms with Crippen molar-refractivity contribution in [3.05, 3.63) is 71.4 Å². The lowest BCUT2D eigenvalue weighted by Gasteiger charge is -2.26. The van der Waals surface area contributed by atoms with Crippen molar-refractivity contribution in [3.63, 3.8) is 0 Å². The fraction of sp³-hybridized carbons (Fsp3) is 0.227. The lowest BCUT2D eigenvalue weighted by Crippen LogP contribution is -2.50. The highest BCUT2D eigenvalue weighted by atomic mass is 16.5. The van der Waals surface area contributed by atoms with Gasteiger partial charge in [0.1, 0.15) is 6.61 Å². The molecular formula is C22H22N2O5. The molecular weight excluding hydrogens is 372 g/mol. The fourth-order valence-corrected chi connectivity index (χ4v) is 3.14. The third kappa shape index (κ3) is 4.63. The molecule has 0 aliphatic carbocycles. The molecule has 7 nitrogen and oxygen atoms in total. The summed E-state index contributed by atoms with van der Waals surface area (Å²) in [6.45, 7) is 3.30. The Balaban J connectivity index is 1.84. The average Bonchev–Trinajstić information content (AvgIpc) is 2.72. The number of esters is 2. The minimum absolute atomic E-state index is 0.195. The number of ether oxygens (including phenoxy) is 2. The van der Waals surface area contributed by atoms with E-state index in [2.05, 4.69) is 10.6 Å². The van der Waals surface area contributed by atoms with E-state index in [4.69, 9.17) is 9.47 Å². The molecule has 2 aromatic carbocycles. The van der Waals surface area contributed by atoms with Crippen LogP contribution in [0.5, 0.6) is 0 Å². The normalized spacial score (nSPS) is 15.9. The molecule has 150 valence electrons. The molecule has 0 saturated heterocycles. The van der Waals surface area contributed by atoms with Gasteiger partial charge in [0.25, 0.3) is 0 Å². The van der Waals surface area contributed by atoms with Gasteiger partial charge in [0, 0.05) is 0 Å². The number of carbonyl (C=O) groups is 3. The van der Waals surface area contributed by atoms with E-state index < -0.39 is 24.0 Å². The summed E-state index contributed by atoms with van der Waals surface area (Å²) in [6, 6.07) is 15.6. The maximum absolute atomic E-state index is 12.8. The third-order valence-electron chi connectivity index (χ3n) is 4.44. The van der Waals surface area contributed by atoms with Gasteiger partial charge in [-0.05, 0) is 31.0 Å². The monoisotopic (exact) mass is 394 g/mol. The Hall–Kier alpha value is -3.61. The van der Waals surface area contributed by atoms with E-state index in [0.29, 0.717) is 5.56 Å². The van der Waals surface area contributed by atoms with Crippen LogP contribution in [0, 0.1) is 0 Å². The van der Waals surface area contributed by atoms with Gasteiger partial charge in [-0.1, -0.05) is 48.5 Å². The third-order valence-corrected chi connectivity index (χ3v) is 4.44. The second-order valence-electron chi connectivity index (χ2n) is 6.42. The molecule has 2 N–H and O–H groups in total. The number of benzene rings is 2. The van der Waals surface area contributed by atoms with Crippen molar-refractivity contribution in [2.45, 2.75) is 19.9 Å². The van der Waals surface area contributed by atoms with Crippen LogP contribution in [0.1, 0.15) is 24.2 Å². The van der Waals surface area contributed by atoms with Crippen LogP contribution in [-0.2, 0) is 14.3 Å². The second-order valence-corrected chi connectivity index (χ2v) is 6.42. The van der Waals surface area contributed by atoms with Crippen molar-refractivity contribution in [1.29, 1.82) is 0 Å². The molecule has 1 aliphatic rings. The smallest absolute Gasteiger partial charge is 0.339 e. The molecule has 7 heteroatoms. The first-order valence-electron chi connectivity index (χ1n) is 9.30. The van der Waals surface area contributed by atoms with Crippen molar-refractivity contribution in [2.75, 3.05) is 13.2 Å². The number of rotatable bonds is 6. The SMILES string of the molecule is CCOC(=O)C1=C(COC(=O)c2ccccc2-c2ccccc2)NC(=O)N[C@H]1C. The summed E-state index contributed by atoms with van der Waals surface area (Å²) >= 11 is 0. The molecule has 3 rings (SSSR count). The molecule has 0 fully saturated rings. The van der Waals surface area contributed by atoms with E-state index >= 15 is 0 Å². The highest BCUT2D eigenvalue weighted by Gasteiger charge is 2.30. The second kappa shape index (κ2) is 9.05. The molecule has 1 atom stereocenters. The Morgan fingerprint density at radius 1 is 0.966 bits per heavy atom. The zero-order valence-electron chi connectivity index (χ0n) is 16.2. The molecule has 1 aliphatic heterocycles. The number of urea groups is 1. The van der Waals surface area contributed by atoms with E-state index in [1.54, 1.807) is 26.0 Å². The summed E-state index contributed by atoms with van der Waals surface area (Å²) in [5, 5.41) is 5.14. The van der Waals surface area contributed by atoms with E-state index in [1.165, 1.54) is 0 Å². The minimum Gasteiger partial charge on any atom is -0.463 e. The number of carbonyl (C=O) groups excluding carboxylic acids is 3. The lowest BCUT2D eigenvalue weighted by molar-refractivity contribution is -0.139. The van der Waals surface area contributed by atoms with Crippen LogP contribution in [0.2, 0.25) is 0 Å². The van der Waals surface area contributed by atoms with Crippen LogP contribution in [0.15, 0.2) is 65.9 Å². The number of nitrogens with one attached hydrogen (secondary N) is 2. The van der Waals surface area contributed by atoms with E-state index in [-0.39, 0.29) is 24.5 Å².